The Balaban J connectivity index is 3.78. The third kappa shape index (κ3) is 5.65. The van der Waals surface area contributed by atoms with E-state index in [1.54, 1.807) is 6.92 Å². The Hall–Kier alpha value is 0.0300. The number of aliphatic hydroxyl groups excluding tert-OH is 1. The lowest BCUT2D eigenvalue weighted by molar-refractivity contribution is 0.128. The van der Waals surface area contributed by atoms with Gasteiger partial charge in [-0.15, -0.1) is 0 Å². The average molecular weight is 198 g/mol. The van der Waals surface area contributed by atoms with Gasteiger partial charge in [0, 0.05) is 0 Å². The molecular formula is C5H15N2O4P. The minimum Gasteiger partial charge on any atom is -0.394 e. The van der Waals surface area contributed by atoms with Gasteiger partial charge in [0.1, 0.15) is 6.23 Å². The third-order valence-corrected chi connectivity index (χ3v) is 2.15. The lowest BCUT2D eigenvalue weighted by Gasteiger charge is -2.16. The molecule has 0 bridgehead atoms. The Morgan fingerprint density at radius 2 is 2.25 bits per heavy atom. The molecule has 0 aliphatic heterocycles. The Kier molecular flexibility index (Phi) is 5.65. The molecule has 0 aliphatic carbocycles. The van der Waals surface area contributed by atoms with Gasteiger partial charge in [-0.1, -0.05) is 6.92 Å². The normalized spacial score (nSPS) is 18.7. The van der Waals surface area contributed by atoms with Crippen molar-refractivity contribution in [2.45, 2.75) is 19.6 Å². The van der Waals surface area contributed by atoms with Crippen LogP contribution in [0.15, 0.2) is 0 Å². The predicted molar refractivity (Wildman–Crippen MR) is 44.2 cm³/mol. The fourth-order valence-electron chi connectivity index (χ4n) is 0.462. The van der Waals surface area contributed by atoms with Crippen LogP contribution in [0.1, 0.15) is 13.3 Å². The van der Waals surface area contributed by atoms with Crippen molar-refractivity contribution < 1.29 is 18.7 Å². The molecule has 6 nitrogen and oxygen atoms in total. The first-order valence-electron chi connectivity index (χ1n) is 3.60. The highest BCUT2D eigenvalue weighted by atomic mass is 31.2. The molecule has 0 aromatic carbocycles. The highest BCUT2D eigenvalue weighted by molar-refractivity contribution is 7.51. The van der Waals surface area contributed by atoms with E-state index in [1.807, 2.05) is 0 Å². The van der Waals surface area contributed by atoms with E-state index in [0.29, 0.717) is 6.42 Å². The summed E-state index contributed by atoms with van der Waals surface area (Å²) in [5.74, 6) is 0. The lowest BCUT2D eigenvalue weighted by atomic mass is 10.5. The van der Waals surface area contributed by atoms with Gasteiger partial charge in [0.15, 0.2) is 0 Å². The SMILES string of the molecule is CCC(N)OP(N)(=O)OCCO. The second-order valence-electron chi connectivity index (χ2n) is 2.15. The summed E-state index contributed by atoms with van der Waals surface area (Å²) in [7, 11) is -3.57. The summed E-state index contributed by atoms with van der Waals surface area (Å²) in [6.07, 6.45) is -0.205. The van der Waals surface area contributed by atoms with Crippen molar-refractivity contribution in [2.75, 3.05) is 13.2 Å². The van der Waals surface area contributed by atoms with Crippen molar-refractivity contribution in [3.8, 4) is 0 Å². The molecule has 0 radical (unpaired) electrons. The van der Waals surface area contributed by atoms with E-state index in [2.05, 4.69) is 9.05 Å². The maximum Gasteiger partial charge on any atom is 0.404 e. The maximum absolute atomic E-state index is 11.1. The summed E-state index contributed by atoms with van der Waals surface area (Å²) >= 11 is 0. The van der Waals surface area contributed by atoms with Gasteiger partial charge >= 0.3 is 7.75 Å². The second kappa shape index (κ2) is 5.64. The summed E-state index contributed by atoms with van der Waals surface area (Å²) in [5, 5.41) is 8.33. The standard InChI is InChI=1S/C5H15N2O4P/c1-2-5(6)11-12(7,9)10-4-3-8/h5,8H,2-4,6H2,1H3,(H2,7,9). The topological polar surface area (TPSA) is 108 Å². The molecule has 0 aromatic heterocycles. The molecule has 0 aliphatic rings. The monoisotopic (exact) mass is 198 g/mol. The zero-order chi connectivity index (χ0) is 9.61. The largest absolute Gasteiger partial charge is 0.404 e. The minimum absolute atomic E-state index is 0.121. The fraction of sp³-hybridized carbons (Fsp3) is 1.00. The van der Waals surface area contributed by atoms with Crippen LogP contribution in [-0.4, -0.2) is 24.5 Å². The van der Waals surface area contributed by atoms with Crippen molar-refractivity contribution in [1.82, 2.24) is 0 Å². The van der Waals surface area contributed by atoms with Crippen LogP contribution in [0.2, 0.25) is 0 Å². The van der Waals surface area contributed by atoms with Gasteiger partial charge in [0.25, 0.3) is 0 Å². The molecule has 2 unspecified atom stereocenters. The lowest BCUT2D eigenvalue weighted by Crippen LogP contribution is -2.24. The van der Waals surface area contributed by atoms with Crippen LogP contribution in [0, 0.1) is 0 Å². The number of rotatable bonds is 6. The van der Waals surface area contributed by atoms with Crippen LogP contribution in [0.4, 0.5) is 0 Å². The van der Waals surface area contributed by atoms with Crippen molar-refractivity contribution in [2.24, 2.45) is 11.2 Å². The van der Waals surface area contributed by atoms with Crippen molar-refractivity contribution in [1.29, 1.82) is 0 Å². The van der Waals surface area contributed by atoms with E-state index in [-0.39, 0.29) is 13.2 Å². The van der Waals surface area contributed by atoms with Gasteiger partial charge in [-0.3, -0.25) is 9.05 Å². The van der Waals surface area contributed by atoms with Crippen LogP contribution in [0.25, 0.3) is 0 Å². The summed E-state index contributed by atoms with van der Waals surface area (Å²) < 4.78 is 20.3. The smallest absolute Gasteiger partial charge is 0.394 e. The maximum atomic E-state index is 11.1. The first-order valence-corrected chi connectivity index (χ1v) is 5.21. The number of nitrogens with two attached hydrogens (primary N) is 2. The van der Waals surface area contributed by atoms with Gasteiger partial charge in [0.2, 0.25) is 0 Å². The first-order chi connectivity index (χ1) is 5.52. The van der Waals surface area contributed by atoms with E-state index in [4.69, 9.17) is 16.3 Å². The Labute approximate surface area is 71.4 Å². The van der Waals surface area contributed by atoms with Crippen LogP contribution >= 0.6 is 7.75 Å². The summed E-state index contributed by atoms with van der Waals surface area (Å²) in [6.45, 7) is 1.38. The number of aliphatic hydroxyl groups is 1. The molecule has 0 aromatic rings. The zero-order valence-electron chi connectivity index (χ0n) is 6.97. The molecule has 0 rings (SSSR count). The molecule has 0 saturated carbocycles. The summed E-state index contributed by atoms with van der Waals surface area (Å²) in [6, 6.07) is 0. The van der Waals surface area contributed by atoms with E-state index >= 15 is 0 Å². The highest BCUT2D eigenvalue weighted by Gasteiger charge is 2.20. The first kappa shape index (κ1) is 12.0. The van der Waals surface area contributed by atoms with Crippen molar-refractivity contribution in [3.63, 3.8) is 0 Å². The molecule has 0 spiro atoms. The molecule has 5 N–H and O–H groups in total. The van der Waals surface area contributed by atoms with Gasteiger partial charge < -0.3 is 10.8 Å². The average Bonchev–Trinajstić information content (AvgIpc) is 2.00. The Morgan fingerprint density at radius 3 is 2.67 bits per heavy atom. The van der Waals surface area contributed by atoms with E-state index in [9.17, 15) is 4.57 Å². The molecule has 7 heteroatoms. The molecule has 0 heterocycles. The number of hydrogen-bond donors (Lipinski definition) is 3. The van der Waals surface area contributed by atoms with Gasteiger partial charge in [0.05, 0.1) is 13.2 Å². The molecule has 0 saturated heterocycles. The van der Waals surface area contributed by atoms with E-state index < -0.39 is 14.0 Å². The molecule has 0 amide bonds. The van der Waals surface area contributed by atoms with Crippen molar-refractivity contribution >= 4 is 7.75 Å². The Morgan fingerprint density at radius 1 is 1.67 bits per heavy atom. The third-order valence-electron chi connectivity index (χ3n) is 1.05. The molecular weight excluding hydrogens is 183 g/mol. The molecule has 74 valence electrons. The van der Waals surface area contributed by atoms with Crippen LogP contribution in [0.3, 0.4) is 0 Å². The molecule has 12 heavy (non-hydrogen) atoms. The van der Waals surface area contributed by atoms with Crippen LogP contribution < -0.4 is 11.2 Å². The minimum atomic E-state index is -3.57. The second-order valence-corrected chi connectivity index (χ2v) is 3.70. The summed E-state index contributed by atoms with van der Waals surface area (Å²) in [5.41, 5.74) is 10.4. The zero-order valence-corrected chi connectivity index (χ0v) is 7.87. The van der Waals surface area contributed by atoms with Crippen LogP contribution in [-0.2, 0) is 13.6 Å². The quantitative estimate of drug-likeness (QED) is 0.402. The summed E-state index contributed by atoms with van der Waals surface area (Å²) in [4.78, 5) is 0. The molecule has 2 atom stereocenters. The van der Waals surface area contributed by atoms with E-state index in [0.717, 1.165) is 0 Å². The van der Waals surface area contributed by atoms with Crippen LogP contribution in [0.5, 0.6) is 0 Å². The van der Waals surface area contributed by atoms with Gasteiger partial charge in [-0.25, -0.2) is 10.1 Å². The Bertz CT molecular complexity index is 166. The van der Waals surface area contributed by atoms with Gasteiger partial charge in [-0.05, 0) is 6.42 Å². The predicted octanol–water partition coefficient (Wildman–Crippen LogP) is -0.227. The number of hydrogen-bond acceptors (Lipinski definition) is 5. The van der Waals surface area contributed by atoms with Gasteiger partial charge in [-0.2, -0.15) is 0 Å². The van der Waals surface area contributed by atoms with Crippen molar-refractivity contribution in [3.05, 3.63) is 0 Å². The highest BCUT2D eigenvalue weighted by Crippen LogP contribution is 2.39. The van der Waals surface area contributed by atoms with E-state index in [1.165, 1.54) is 0 Å². The molecule has 0 fully saturated rings. The fourth-order valence-corrected chi connectivity index (χ4v) is 1.39.